The molecule has 0 bridgehead atoms. The Morgan fingerprint density at radius 3 is 2.71 bits per heavy atom. The van der Waals surface area contributed by atoms with Crippen molar-refractivity contribution in [1.29, 1.82) is 0 Å². The molecule has 0 unspecified atom stereocenters. The van der Waals surface area contributed by atoms with E-state index in [-0.39, 0.29) is 16.8 Å². The van der Waals surface area contributed by atoms with E-state index in [1.54, 1.807) is 0 Å². The zero-order valence-corrected chi connectivity index (χ0v) is 12.4. The van der Waals surface area contributed by atoms with Crippen molar-refractivity contribution in [2.75, 3.05) is 0 Å². The molecule has 2 rings (SSSR count). The van der Waals surface area contributed by atoms with Crippen LogP contribution in [0.15, 0.2) is 39.9 Å². The Hall–Kier alpha value is -1.86. The highest BCUT2D eigenvalue weighted by Gasteiger charge is 2.17. The van der Waals surface area contributed by atoms with Crippen molar-refractivity contribution in [2.45, 2.75) is 36.7 Å². The van der Waals surface area contributed by atoms with Gasteiger partial charge >= 0.3 is 5.97 Å². The number of hydrogen-bond acceptors (Lipinski definition) is 6. The van der Waals surface area contributed by atoms with Gasteiger partial charge in [-0.3, -0.25) is 5.84 Å². The fourth-order valence-corrected chi connectivity index (χ4v) is 3.05. The first kappa shape index (κ1) is 15.5. The van der Waals surface area contributed by atoms with Gasteiger partial charge in [-0.05, 0) is 43.9 Å². The first-order valence-corrected chi connectivity index (χ1v) is 7.56. The third kappa shape index (κ3) is 4.30. The van der Waals surface area contributed by atoms with Gasteiger partial charge in [-0.25, -0.2) is 4.79 Å². The van der Waals surface area contributed by atoms with Gasteiger partial charge in [0.15, 0.2) is 5.70 Å². The van der Waals surface area contributed by atoms with Crippen LogP contribution in [0.1, 0.15) is 25.7 Å². The summed E-state index contributed by atoms with van der Waals surface area (Å²) in [5.41, 5.74) is 7.63. The van der Waals surface area contributed by atoms with Gasteiger partial charge < -0.3 is 21.0 Å². The first-order chi connectivity index (χ1) is 10.1. The van der Waals surface area contributed by atoms with Crippen LogP contribution < -0.4 is 21.7 Å². The molecule has 0 atom stereocenters. The van der Waals surface area contributed by atoms with E-state index in [1.165, 1.54) is 12.8 Å². The molecule has 7 heteroatoms. The van der Waals surface area contributed by atoms with Crippen LogP contribution in [0.25, 0.3) is 0 Å². The highest BCUT2D eigenvalue weighted by atomic mass is 32.2. The Kier molecular flexibility index (Phi) is 5.35. The number of carboxylic acids is 1. The summed E-state index contributed by atoms with van der Waals surface area (Å²) in [5, 5.41) is 9.05. The van der Waals surface area contributed by atoms with Crippen molar-refractivity contribution in [2.24, 2.45) is 11.6 Å². The molecule has 6 N–H and O–H groups in total. The fourth-order valence-electron chi connectivity index (χ4n) is 2.23. The normalized spacial score (nSPS) is 16.4. The van der Waals surface area contributed by atoms with E-state index < -0.39 is 5.97 Å². The summed E-state index contributed by atoms with van der Waals surface area (Å²) in [6.07, 6.45) is 4.86. The SMILES string of the molecule is NN/C(C(=O)O)=C(\N)Sc1cccc(OC2CCCC2)c1. The van der Waals surface area contributed by atoms with Crippen molar-refractivity contribution >= 4 is 17.7 Å². The Balaban J connectivity index is 2.08. The second-order valence-corrected chi connectivity index (χ2v) is 5.91. The molecule has 114 valence electrons. The molecule has 6 nitrogen and oxygen atoms in total. The number of hydrazine groups is 1. The average Bonchev–Trinajstić information content (AvgIpc) is 2.92. The van der Waals surface area contributed by atoms with E-state index in [1.807, 2.05) is 24.3 Å². The van der Waals surface area contributed by atoms with E-state index >= 15 is 0 Å². The number of rotatable bonds is 6. The lowest BCUT2D eigenvalue weighted by Gasteiger charge is -2.14. The van der Waals surface area contributed by atoms with Gasteiger partial charge in [0, 0.05) is 4.90 Å². The number of aliphatic carboxylic acids is 1. The van der Waals surface area contributed by atoms with Crippen LogP contribution in [-0.2, 0) is 4.79 Å². The molecule has 1 aromatic carbocycles. The Morgan fingerprint density at radius 1 is 1.38 bits per heavy atom. The Bertz CT molecular complexity index is 542. The van der Waals surface area contributed by atoms with E-state index in [2.05, 4.69) is 5.43 Å². The van der Waals surface area contributed by atoms with Crippen molar-refractivity contribution in [3.8, 4) is 5.75 Å². The van der Waals surface area contributed by atoms with Gasteiger partial charge in [0.05, 0.1) is 6.10 Å². The molecule has 1 saturated carbocycles. The lowest BCUT2D eigenvalue weighted by atomic mass is 10.3. The van der Waals surface area contributed by atoms with E-state index in [4.69, 9.17) is 21.4 Å². The quantitative estimate of drug-likeness (QED) is 0.274. The molecule has 1 aromatic rings. The van der Waals surface area contributed by atoms with Crippen molar-refractivity contribution in [3.63, 3.8) is 0 Å². The van der Waals surface area contributed by atoms with Crippen molar-refractivity contribution in [1.82, 2.24) is 5.43 Å². The maximum absolute atomic E-state index is 10.9. The average molecular weight is 309 g/mol. The predicted octanol–water partition coefficient (Wildman–Crippen LogP) is 1.78. The monoisotopic (exact) mass is 309 g/mol. The molecule has 1 aliphatic rings. The minimum absolute atomic E-state index is 0.100. The fraction of sp³-hybridized carbons (Fsp3) is 0.357. The largest absolute Gasteiger partial charge is 0.490 e. The second kappa shape index (κ2) is 7.24. The second-order valence-electron chi connectivity index (χ2n) is 4.79. The predicted molar refractivity (Wildman–Crippen MR) is 81.4 cm³/mol. The van der Waals surface area contributed by atoms with E-state index in [9.17, 15) is 4.79 Å². The summed E-state index contributed by atoms with van der Waals surface area (Å²) >= 11 is 1.13. The molecule has 21 heavy (non-hydrogen) atoms. The van der Waals surface area contributed by atoms with Crippen LogP contribution in [0.3, 0.4) is 0 Å². The minimum Gasteiger partial charge on any atom is -0.490 e. The van der Waals surface area contributed by atoms with Crippen molar-refractivity contribution < 1.29 is 14.6 Å². The van der Waals surface area contributed by atoms with Crippen LogP contribution in [0.4, 0.5) is 0 Å². The molecule has 0 aromatic heterocycles. The van der Waals surface area contributed by atoms with E-state index in [0.717, 1.165) is 35.2 Å². The van der Waals surface area contributed by atoms with Gasteiger partial charge in [-0.15, -0.1) is 0 Å². The summed E-state index contributed by atoms with van der Waals surface area (Å²) in [5.74, 6) is 4.74. The lowest BCUT2D eigenvalue weighted by Crippen LogP contribution is -2.29. The molecule has 0 heterocycles. The van der Waals surface area contributed by atoms with Crippen molar-refractivity contribution in [3.05, 3.63) is 35.0 Å². The maximum atomic E-state index is 10.9. The van der Waals surface area contributed by atoms with Crippen LogP contribution >= 0.6 is 11.8 Å². The minimum atomic E-state index is -1.19. The summed E-state index contributed by atoms with van der Waals surface area (Å²) in [6.45, 7) is 0. The highest BCUT2D eigenvalue weighted by molar-refractivity contribution is 8.03. The third-order valence-electron chi connectivity index (χ3n) is 3.24. The van der Waals surface area contributed by atoms with Gasteiger partial charge in [-0.1, -0.05) is 17.8 Å². The lowest BCUT2D eigenvalue weighted by molar-refractivity contribution is -0.133. The number of benzene rings is 1. The molecule has 0 amide bonds. The summed E-state index contributed by atoms with van der Waals surface area (Å²) < 4.78 is 5.90. The Morgan fingerprint density at radius 2 is 2.10 bits per heavy atom. The standard InChI is InChI=1S/C14H19N3O3S/c15-13(12(17-16)14(18)19)21-11-7-3-6-10(8-11)20-9-4-1-2-5-9/h3,6-9,17H,1-2,4-5,15-16H2,(H,18,19)/b13-12+. The van der Waals surface area contributed by atoms with Crippen LogP contribution in [0.5, 0.6) is 5.75 Å². The summed E-state index contributed by atoms with van der Waals surface area (Å²) in [4.78, 5) is 11.7. The number of hydrogen-bond donors (Lipinski definition) is 4. The smallest absolute Gasteiger partial charge is 0.356 e. The molecule has 0 radical (unpaired) electrons. The van der Waals surface area contributed by atoms with E-state index in [0.29, 0.717) is 0 Å². The highest BCUT2D eigenvalue weighted by Crippen LogP contribution is 2.30. The zero-order valence-electron chi connectivity index (χ0n) is 11.5. The molecule has 0 aliphatic heterocycles. The van der Waals surface area contributed by atoms with Crippen LogP contribution in [0, 0.1) is 0 Å². The Labute approximate surface area is 127 Å². The number of nitrogens with one attached hydrogen (secondary N) is 1. The molecular weight excluding hydrogens is 290 g/mol. The molecular formula is C14H19N3O3S. The topological polar surface area (TPSA) is 111 Å². The zero-order chi connectivity index (χ0) is 15.2. The number of carboxylic acid groups (broad SMARTS) is 1. The molecule has 1 fully saturated rings. The number of thioether (sulfide) groups is 1. The third-order valence-corrected chi connectivity index (χ3v) is 4.16. The van der Waals surface area contributed by atoms with Crippen LogP contribution in [0.2, 0.25) is 0 Å². The summed E-state index contributed by atoms with van der Waals surface area (Å²) in [7, 11) is 0. The van der Waals surface area contributed by atoms with Crippen LogP contribution in [-0.4, -0.2) is 17.2 Å². The summed E-state index contributed by atoms with van der Waals surface area (Å²) in [6, 6.07) is 7.44. The number of ether oxygens (including phenoxy) is 1. The first-order valence-electron chi connectivity index (χ1n) is 6.74. The molecule has 0 spiro atoms. The molecule has 0 saturated heterocycles. The van der Waals surface area contributed by atoms with Gasteiger partial charge in [0.2, 0.25) is 0 Å². The van der Waals surface area contributed by atoms with Gasteiger partial charge in [0.1, 0.15) is 10.8 Å². The number of nitrogens with two attached hydrogens (primary N) is 2. The van der Waals surface area contributed by atoms with Gasteiger partial charge in [0.25, 0.3) is 0 Å². The van der Waals surface area contributed by atoms with Gasteiger partial charge in [-0.2, -0.15) is 0 Å². The maximum Gasteiger partial charge on any atom is 0.356 e. The molecule has 1 aliphatic carbocycles. The number of carbonyl (C=O) groups is 1.